The zero-order valence-corrected chi connectivity index (χ0v) is 10.0. The fourth-order valence-electron chi connectivity index (χ4n) is 1.94. The Morgan fingerprint density at radius 2 is 2.19 bits per heavy atom. The molecule has 0 radical (unpaired) electrons. The largest absolute Gasteiger partial charge is 0.365 e. The third-order valence-electron chi connectivity index (χ3n) is 2.87. The quantitative estimate of drug-likeness (QED) is 0.774. The Morgan fingerprint density at radius 1 is 1.56 bits per heavy atom. The molecule has 4 nitrogen and oxygen atoms in total. The Bertz CT molecular complexity index is 267. The summed E-state index contributed by atoms with van der Waals surface area (Å²) < 4.78 is 5.75. The lowest BCUT2D eigenvalue weighted by Gasteiger charge is -2.20. The number of carbonyl (C=O) groups is 1. The summed E-state index contributed by atoms with van der Waals surface area (Å²) in [6.07, 6.45) is 4.97. The lowest BCUT2D eigenvalue weighted by atomic mass is 10.2. The molecule has 0 aromatic heterocycles. The van der Waals surface area contributed by atoms with Gasteiger partial charge in [0.1, 0.15) is 12.1 Å². The van der Waals surface area contributed by atoms with Gasteiger partial charge >= 0.3 is 0 Å². The summed E-state index contributed by atoms with van der Waals surface area (Å²) >= 11 is 0. The number of nitrogens with zero attached hydrogens (tertiary/aromatic N) is 1. The van der Waals surface area contributed by atoms with Gasteiger partial charge < -0.3 is 10.1 Å². The number of hydrogen-bond donors (Lipinski definition) is 1. The van der Waals surface area contributed by atoms with Gasteiger partial charge in [-0.15, -0.1) is 0 Å². The zero-order valence-electron chi connectivity index (χ0n) is 10.0. The maximum atomic E-state index is 11.7. The van der Waals surface area contributed by atoms with Gasteiger partial charge in [0.2, 0.25) is 5.91 Å². The van der Waals surface area contributed by atoms with Crippen LogP contribution in [0.4, 0.5) is 0 Å². The molecule has 0 bridgehead atoms. The molecule has 4 heteroatoms. The first-order valence-corrected chi connectivity index (χ1v) is 6.02. The van der Waals surface area contributed by atoms with Crippen molar-refractivity contribution in [3.63, 3.8) is 0 Å². The molecule has 2 atom stereocenters. The third kappa shape index (κ3) is 3.82. The van der Waals surface area contributed by atoms with Crippen molar-refractivity contribution in [2.75, 3.05) is 0 Å². The van der Waals surface area contributed by atoms with Crippen LogP contribution in [0.2, 0.25) is 0 Å². The van der Waals surface area contributed by atoms with Crippen LogP contribution in [0, 0.1) is 11.3 Å². The number of nitriles is 1. The molecule has 0 saturated heterocycles. The highest BCUT2D eigenvalue weighted by molar-refractivity contribution is 5.81. The minimum atomic E-state index is -0.450. The lowest BCUT2D eigenvalue weighted by Crippen LogP contribution is -2.41. The van der Waals surface area contributed by atoms with Crippen molar-refractivity contribution in [1.82, 2.24) is 5.32 Å². The molecular weight excluding hydrogens is 204 g/mol. The van der Waals surface area contributed by atoms with Crippen LogP contribution in [-0.2, 0) is 9.53 Å². The third-order valence-corrected chi connectivity index (χ3v) is 2.87. The number of amides is 1. The van der Waals surface area contributed by atoms with Gasteiger partial charge in [-0.25, -0.2) is 0 Å². The number of ether oxygens (including phenoxy) is 1. The Hall–Kier alpha value is -1.08. The van der Waals surface area contributed by atoms with Crippen LogP contribution in [0.5, 0.6) is 0 Å². The summed E-state index contributed by atoms with van der Waals surface area (Å²) in [4.78, 5) is 11.7. The zero-order chi connectivity index (χ0) is 12.0. The molecule has 0 unspecified atom stereocenters. The second-order valence-electron chi connectivity index (χ2n) is 4.30. The highest BCUT2D eigenvalue weighted by Gasteiger charge is 2.24. The lowest BCUT2D eigenvalue weighted by molar-refractivity contribution is -0.137. The maximum absolute atomic E-state index is 11.7. The minimum Gasteiger partial charge on any atom is -0.365 e. The van der Waals surface area contributed by atoms with Crippen molar-refractivity contribution in [1.29, 1.82) is 5.26 Å². The van der Waals surface area contributed by atoms with Crippen molar-refractivity contribution >= 4 is 5.91 Å². The first-order valence-electron chi connectivity index (χ1n) is 6.02. The van der Waals surface area contributed by atoms with E-state index in [9.17, 15) is 4.79 Å². The van der Waals surface area contributed by atoms with E-state index in [0.29, 0.717) is 6.42 Å². The summed E-state index contributed by atoms with van der Waals surface area (Å²) in [6, 6.07) is 1.53. The number of nitrogens with one attached hydrogen (secondary N) is 1. The fraction of sp³-hybridized carbons (Fsp3) is 0.833. The number of carbonyl (C=O) groups excluding carboxylic acids is 1. The predicted molar refractivity (Wildman–Crippen MR) is 60.6 cm³/mol. The standard InChI is InChI=1S/C12H20N2O2/c1-3-11(12(15)14-9(2)8-13)16-10-6-4-5-7-10/h9-11H,3-7H2,1-2H3,(H,14,15)/t9-,11+/m0/s1. The van der Waals surface area contributed by atoms with Crippen LogP contribution in [0.25, 0.3) is 0 Å². The van der Waals surface area contributed by atoms with Gasteiger partial charge in [-0.05, 0) is 26.2 Å². The number of hydrogen-bond acceptors (Lipinski definition) is 3. The van der Waals surface area contributed by atoms with Crippen molar-refractivity contribution < 1.29 is 9.53 Å². The van der Waals surface area contributed by atoms with E-state index in [2.05, 4.69) is 5.32 Å². The van der Waals surface area contributed by atoms with Crippen LogP contribution in [0.15, 0.2) is 0 Å². The maximum Gasteiger partial charge on any atom is 0.250 e. The van der Waals surface area contributed by atoms with Crippen LogP contribution in [0.1, 0.15) is 46.0 Å². The van der Waals surface area contributed by atoms with Crippen LogP contribution in [0.3, 0.4) is 0 Å². The Kier molecular flexibility index (Phi) is 5.27. The molecule has 0 aromatic rings. The van der Waals surface area contributed by atoms with Crippen LogP contribution < -0.4 is 5.32 Å². The molecule has 90 valence electrons. The summed E-state index contributed by atoms with van der Waals surface area (Å²) in [6.45, 7) is 3.59. The average molecular weight is 224 g/mol. The first-order chi connectivity index (χ1) is 7.67. The Balaban J connectivity index is 2.40. The molecule has 0 spiro atoms. The minimum absolute atomic E-state index is 0.163. The molecule has 1 aliphatic carbocycles. The van der Waals surface area contributed by atoms with E-state index >= 15 is 0 Å². The van der Waals surface area contributed by atoms with Gasteiger partial charge in [-0.2, -0.15) is 5.26 Å². The molecule has 1 saturated carbocycles. The van der Waals surface area contributed by atoms with E-state index in [1.54, 1.807) is 6.92 Å². The van der Waals surface area contributed by atoms with Crippen molar-refractivity contribution in [2.45, 2.75) is 64.2 Å². The van der Waals surface area contributed by atoms with Gasteiger partial charge in [0.05, 0.1) is 12.2 Å². The van der Waals surface area contributed by atoms with E-state index in [1.807, 2.05) is 13.0 Å². The summed E-state index contributed by atoms with van der Waals surface area (Å²) in [5.41, 5.74) is 0. The summed E-state index contributed by atoms with van der Waals surface area (Å²) in [5, 5.41) is 11.2. The molecule has 0 aliphatic heterocycles. The van der Waals surface area contributed by atoms with E-state index in [0.717, 1.165) is 12.8 Å². The first kappa shape index (κ1) is 13.0. The van der Waals surface area contributed by atoms with Crippen LogP contribution >= 0.6 is 0 Å². The molecule has 1 aliphatic rings. The van der Waals surface area contributed by atoms with Gasteiger partial charge in [-0.1, -0.05) is 19.8 Å². The SMILES string of the molecule is CC[C@@H](OC1CCCC1)C(=O)N[C@@H](C)C#N. The van der Waals surface area contributed by atoms with E-state index in [4.69, 9.17) is 10.00 Å². The normalized spacial score (nSPS) is 20.1. The fourth-order valence-corrected chi connectivity index (χ4v) is 1.94. The van der Waals surface area contributed by atoms with Gasteiger partial charge in [0.15, 0.2) is 0 Å². The second kappa shape index (κ2) is 6.49. The van der Waals surface area contributed by atoms with Crippen LogP contribution in [-0.4, -0.2) is 24.2 Å². The number of rotatable bonds is 5. The molecule has 16 heavy (non-hydrogen) atoms. The van der Waals surface area contributed by atoms with Crippen molar-refractivity contribution in [2.24, 2.45) is 0 Å². The average Bonchev–Trinajstić information content (AvgIpc) is 2.78. The smallest absolute Gasteiger partial charge is 0.250 e. The van der Waals surface area contributed by atoms with E-state index in [1.165, 1.54) is 12.8 Å². The van der Waals surface area contributed by atoms with Gasteiger partial charge in [0, 0.05) is 0 Å². The Labute approximate surface area is 97.0 Å². The molecule has 1 rings (SSSR count). The highest BCUT2D eigenvalue weighted by Crippen LogP contribution is 2.22. The van der Waals surface area contributed by atoms with E-state index < -0.39 is 12.1 Å². The Morgan fingerprint density at radius 3 is 2.69 bits per heavy atom. The predicted octanol–water partition coefficient (Wildman–Crippen LogP) is 1.75. The molecular formula is C12H20N2O2. The van der Waals surface area contributed by atoms with E-state index in [-0.39, 0.29) is 12.0 Å². The van der Waals surface area contributed by atoms with Crippen molar-refractivity contribution in [3.8, 4) is 6.07 Å². The molecule has 1 amide bonds. The summed E-state index contributed by atoms with van der Waals surface area (Å²) in [5.74, 6) is -0.163. The van der Waals surface area contributed by atoms with Gasteiger partial charge in [0.25, 0.3) is 0 Å². The van der Waals surface area contributed by atoms with Gasteiger partial charge in [-0.3, -0.25) is 4.79 Å². The molecule has 1 N–H and O–H groups in total. The molecule has 0 aromatic carbocycles. The topological polar surface area (TPSA) is 62.1 Å². The monoisotopic (exact) mass is 224 g/mol. The highest BCUT2D eigenvalue weighted by atomic mass is 16.5. The second-order valence-corrected chi connectivity index (χ2v) is 4.30. The molecule has 1 fully saturated rings. The summed E-state index contributed by atoms with van der Waals surface area (Å²) in [7, 11) is 0. The van der Waals surface area contributed by atoms with Crippen molar-refractivity contribution in [3.05, 3.63) is 0 Å². The molecule has 0 heterocycles.